The van der Waals surface area contributed by atoms with E-state index >= 15 is 0 Å². The molecule has 6 nitrogen and oxygen atoms in total. The van der Waals surface area contributed by atoms with Crippen molar-refractivity contribution in [2.24, 2.45) is 0 Å². The molecule has 2 N–H and O–H groups in total. The predicted octanol–water partition coefficient (Wildman–Crippen LogP) is 2.24. The molecule has 1 aliphatic rings. The van der Waals surface area contributed by atoms with Crippen molar-refractivity contribution in [2.45, 2.75) is 13.0 Å². The number of nitrogens with one attached hydrogen (secondary N) is 2. The second kappa shape index (κ2) is 6.66. The Morgan fingerprint density at radius 3 is 2.88 bits per heavy atom. The zero-order valence-electron chi connectivity index (χ0n) is 14.0. The van der Waals surface area contributed by atoms with Crippen LogP contribution in [0, 0.1) is 6.92 Å². The van der Waals surface area contributed by atoms with Gasteiger partial charge in [0.1, 0.15) is 11.7 Å². The number of benzene rings is 1. The standard InChI is InChI=1S/C19H20N4O2/c1-13-3-2-9-23-11-16(22-18(13)23)14-4-6-15(7-5-14)21-19(24)17-12-25-10-8-20-17/h2-7,9,11,17,20H,8,10,12H2,1H3,(H,21,24). The van der Waals surface area contributed by atoms with Crippen molar-refractivity contribution >= 4 is 17.2 Å². The summed E-state index contributed by atoms with van der Waals surface area (Å²) in [5.74, 6) is -0.0733. The van der Waals surface area contributed by atoms with Crippen molar-refractivity contribution in [3.8, 4) is 11.3 Å². The zero-order chi connectivity index (χ0) is 17.2. The second-order valence-electron chi connectivity index (χ2n) is 6.20. The molecule has 1 atom stereocenters. The molecule has 1 fully saturated rings. The molecule has 25 heavy (non-hydrogen) atoms. The van der Waals surface area contributed by atoms with Crippen molar-refractivity contribution in [1.29, 1.82) is 0 Å². The number of anilines is 1. The van der Waals surface area contributed by atoms with Crippen LogP contribution in [0.1, 0.15) is 5.56 Å². The zero-order valence-corrected chi connectivity index (χ0v) is 14.0. The van der Waals surface area contributed by atoms with Crippen LogP contribution in [0.4, 0.5) is 5.69 Å². The van der Waals surface area contributed by atoms with Gasteiger partial charge in [-0.05, 0) is 30.7 Å². The summed E-state index contributed by atoms with van der Waals surface area (Å²) in [5, 5.41) is 6.07. The van der Waals surface area contributed by atoms with Crippen molar-refractivity contribution in [3.63, 3.8) is 0 Å². The first-order valence-electron chi connectivity index (χ1n) is 8.37. The van der Waals surface area contributed by atoms with Crippen molar-refractivity contribution in [2.75, 3.05) is 25.1 Å². The van der Waals surface area contributed by atoms with E-state index in [1.165, 1.54) is 0 Å². The largest absolute Gasteiger partial charge is 0.378 e. The van der Waals surface area contributed by atoms with E-state index in [9.17, 15) is 4.79 Å². The van der Waals surface area contributed by atoms with Gasteiger partial charge in [0.15, 0.2) is 0 Å². The minimum atomic E-state index is -0.296. The summed E-state index contributed by atoms with van der Waals surface area (Å²) in [6.45, 7) is 3.81. The number of carbonyl (C=O) groups excluding carboxylic acids is 1. The lowest BCUT2D eigenvalue weighted by atomic mass is 10.1. The monoisotopic (exact) mass is 336 g/mol. The van der Waals surface area contributed by atoms with Crippen LogP contribution in [0.25, 0.3) is 16.9 Å². The third-order valence-corrected chi connectivity index (χ3v) is 4.36. The number of carbonyl (C=O) groups is 1. The van der Waals surface area contributed by atoms with Gasteiger partial charge in [0, 0.05) is 30.2 Å². The number of amides is 1. The Morgan fingerprint density at radius 2 is 2.16 bits per heavy atom. The van der Waals surface area contributed by atoms with E-state index in [0.717, 1.165) is 28.2 Å². The van der Waals surface area contributed by atoms with E-state index in [0.29, 0.717) is 19.8 Å². The van der Waals surface area contributed by atoms with Gasteiger partial charge in [-0.25, -0.2) is 4.98 Å². The van der Waals surface area contributed by atoms with E-state index in [2.05, 4.69) is 10.6 Å². The molecule has 3 heterocycles. The number of aryl methyl sites for hydroxylation is 1. The lowest BCUT2D eigenvalue weighted by molar-refractivity contribution is -0.120. The highest BCUT2D eigenvalue weighted by molar-refractivity contribution is 5.95. The molecule has 1 unspecified atom stereocenters. The molecule has 1 saturated heterocycles. The van der Waals surface area contributed by atoms with Gasteiger partial charge >= 0.3 is 0 Å². The number of rotatable bonds is 3. The van der Waals surface area contributed by atoms with Crippen LogP contribution in [0.3, 0.4) is 0 Å². The van der Waals surface area contributed by atoms with Gasteiger partial charge in [0.2, 0.25) is 5.91 Å². The third-order valence-electron chi connectivity index (χ3n) is 4.36. The fourth-order valence-corrected chi connectivity index (χ4v) is 2.98. The maximum atomic E-state index is 12.2. The summed E-state index contributed by atoms with van der Waals surface area (Å²) >= 11 is 0. The first kappa shape index (κ1) is 15.8. The van der Waals surface area contributed by atoms with Crippen LogP contribution in [0.5, 0.6) is 0 Å². The van der Waals surface area contributed by atoms with Crippen LogP contribution in [0.2, 0.25) is 0 Å². The van der Waals surface area contributed by atoms with Crippen LogP contribution in [-0.4, -0.2) is 41.1 Å². The molecule has 0 aliphatic carbocycles. The van der Waals surface area contributed by atoms with Crippen LogP contribution in [0.15, 0.2) is 48.8 Å². The number of fused-ring (bicyclic) bond motifs is 1. The molecule has 1 amide bonds. The highest BCUT2D eigenvalue weighted by atomic mass is 16.5. The fourth-order valence-electron chi connectivity index (χ4n) is 2.98. The summed E-state index contributed by atoms with van der Waals surface area (Å²) in [7, 11) is 0. The van der Waals surface area contributed by atoms with Gasteiger partial charge in [-0.15, -0.1) is 0 Å². The van der Waals surface area contributed by atoms with E-state index < -0.39 is 0 Å². The summed E-state index contributed by atoms with van der Waals surface area (Å²) < 4.78 is 7.35. The Labute approximate surface area is 145 Å². The van der Waals surface area contributed by atoms with Crippen LogP contribution >= 0.6 is 0 Å². The normalized spacial score (nSPS) is 17.6. The lowest BCUT2D eigenvalue weighted by Gasteiger charge is -2.22. The number of nitrogens with zero attached hydrogens (tertiary/aromatic N) is 2. The molecular formula is C19H20N4O2. The van der Waals surface area contributed by atoms with E-state index in [1.807, 2.05) is 60.1 Å². The van der Waals surface area contributed by atoms with Crippen molar-refractivity contribution in [3.05, 3.63) is 54.4 Å². The number of ether oxygens (including phenoxy) is 1. The maximum absolute atomic E-state index is 12.2. The van der Waals surface area contributed by atoms with E-state index in [-0.39, 0.29) is 11.9 Å². The first-order valence-corrected chi connectivity index (χ1v) is 8.37. The molecule has 128 valence electrons. The fraction of sp³-hybridized carbons (Fsp3) is 0.263. The molecule has 3 aromatic rings. The maximum Gasteiger partial charge on any atom is 0.243 e. The van der Waals surface area contributed by atoms with Gasteiger partial charge in [-0.3, -0.25) is 4.79 Å². The Bertz CT molecular complexity index is 895. The minimum Gasteiger partial charge on any atom is -0.378 e. The Balaban J connectivity index is 1.51. The third kappa shape index (κ3) is 3.26. The smallest absolute Gasteiger partial charge is 0.243 e. The number of hydrogen-bond donors (Lipinski definition) is 2. The van der Waals surface area contributed by atoms with Gasteiger partial charge in [0.25, 0.3) is 0 Å². The molecule has 0 saturated carbocycles. The summed E-state index contributed by atoms with van der Waals surface area (Å²) in [4.78, 5) is 16.9. The van der Waals surface area contributed by atoms with Crippen LogP contribution in [-0.2, 0) is 9.53 Å². The highest BCUT2D eigenvalue weighted by Crippen LogP contribution is 2.22. The molecule has 2 aromatic heterocycles. The number of hydrogen-bond acceptors (Lipinski definition) is 4. The molecule has 4 rings (SSSR count). The Hall–Kier alpha value is -2.70. The second-order valence-corrected chi connectivity index (χ2v) is 6.20. The average Bonchev–Trinajstić information content (AvgIpc) is 3.09. The van der Waals surface area contributed by atoms with E-state index in [1.54, 1.807) is 0 Å². The van der Waals surface area contributed by atoms with Gasteiger partial charge in [-0.1, -0.05) is 18.2 Å². The van der Waals surface area contributed by atoms with Gasteiger partial charge in [0.05, 0.1) is 18.9 Å². The molecular weight excluding hydrogens is 316 g/mol. The summed E-state index contributed by atoms with van der Waals surface area (Å²) in [6, 6.07) is 11.5. The topological polar surface area (TPSA) is 67.7 Å². The Kier molecular flexibility index (Phi) is 4.21. The van der Waals surface area contributed by atoms with Gasteiger partial charge < -0.3 is 19.8 Å². The molecule has 0 spiro atoms. The first-order chi connectivity index (χ1) is 12.2. The highest BCUT2D eigenvalue weighted by Gasteiger charge is 2.21. The minimum absolute atomic E-state index is 0.0733. The van der Waals surface area contributed by atoms with Gasteiger partial charge in [-0.2, -0.15) is 0 Å². The molecule has 0 bridgehead atoms. The number of pyridine rings is 1. The van der Waals surface area contributed by atoms with E-state index in [4.69, 9.17) is 9.72 Å². The average molecular weight is 336 g/mol. The number of morpholine rings is 1. The van der Waals surface area contributed by atoms with Crippen molar-refractivity contribution < 1.29 is 9.53 Å². The summed E-state index contributed by atoms with van der Waals surface area (Å²) in [5.41, 5.74) is 4.79. The van der Waals surface area contributed by atoms with Crippen LogP contribution < -0.4 is 10.6 Å². The molecule has 1 aliphatic heterocycles. The molecule has 1 aromatic carbocycles. The SMILES string of the molecule is Cc1cccn2cc(-c3ccc(NC(=O)C4COCCN4)cc3)nc12. The lowest BCUT2D eigenvalue weighted by Crippen LogP contribution is -2.48. The number of aromatic nitrogens is 2. The molecule has 0 radical (unpaired) electrons. The Morgan fingerprint density at radius 1 is 1.32 bits per heavy atom. The number of imidazole rings is 1. The predicted molar refractivity (Wildman–Crippen MR) is 96.6 cm³/mol. The quantitative estimate of drug-likeness (QED) is 0.770. The van der Waals surface area contributed by atoms with Crippen molar-refractivity contribution in [1.82, 2.24) is 14.7 Å². The molecule has 6 heteroatoms. The summed E-state index contributed by atoms with van der Waals surface area (Å²) in [6.07, 6.45) is 4.01.